The zero-order chi connectivity index (χ0) is 18.2. The SMILES string of the molecule is CN=C(NCCCN(C)C1CCCCC1)NCc1c(C)nn(C)c1C.I. The molecule has 0 atom stereocenters. The molecule has 7 heteroatoms. The molecule has 1 saturated carbocycles. The standard InChI is InChI=1S/C19H36N6.HI/c1-15-18(16(2)25(5)23-15)14-22-19(20-3)21-12-9-13-24(4)17-10-7-6-8-11-17;/h17H,6-14H2,1-5H3,(H2,20,21,22);1H. The molecule has 1 aliphatic carbocycles. The van der Waals surface area contributed by atoms with Crippen LogP contribution in [-0.4, -0.2) is 53.9 Å². The average Bonchev–Trinajstić information content (AvgIpc) is 2.87. The normalized spacial score (nSPS) is 15.8. The van der Waals surface area contributed by atoms with E-state index in [1.807, 2.05) is 18.8 Å². The second-order valence-electron chi connectivity index (χ2n) is 7.25. The third kappa shape index (κ3) is 6.72. The molecule has 0 aliphatic heterocycles. The average molecular weight is 476 g/mol. The number of aliphatic imine (C=N–C) groups is 1. The molecule has 2 rings (SSSR count). The number of hydrogen-bond acceptors (Lipinski definition) is 3. The van der Waals surface area contributed by atoms with E-state index in [9.17, 15) is 0 Å². The third-order valence-electron chi connectivity index (χ3n) is 5.49. The Morgan fingerprint density at radius 3 is 2.50 bits per heavy atom. The van der Waals surface area contributed by atoms with Gasteiger partial charge in [0, 0.05) is 44.5 Å². The largest absolute Gasteiger partial charge is 0.356 e. The van der Waals surface area contributed by atoms with Crippen molar-refractivity contribution in [2.24, 2.45) is 12.0 Å². The number of guanidine groups is 1. The van der Waals surface area contributed by atoms with Gasteiger partial charge >= 0.3 is 0 Å². The molecular formula is C19H37IN6. The topological polar surface area (TPSA) is 57.5 Å². The van der Waals surface area contributed by atoms with Gasteiger partial charge in [-0.05, 0) is 46.7 Å². The van der Waals surface area contributed by atoms with Crippen LogP contribution in [0.1, 0.15) is 55.5 Å². The van der Waals surface area contributed by atoms with Gasteiger partial charge in [-0.2, -0.15) is 5.10 Å². The molecule has 0 spiro atoms. The van der Waals surface area contributed by atoms with Gasteiger partial charge in [-0.15, -0.1) is 24.0 Å². The summed E-state index contributed by atoms with van der Waals surface area (Å²) in [6.07, 6.45) is 8.10. The van der Waals surface area contributed by atoms with E-state index in [0.717, 1.165) is 43.8 Å². The second kappa shape index (κ2) is 11.8. The summed E-state index contributed by atoms with van der Waals surface area (Å²) < 4.78 is 1.93. The Hall–Kier alpha value is -0.830. The van der Waals surface area contributed by atoms with Crippen molar-refractivity contribution in [2.45, 2.75) is 65.0 Å². The van der Waals surface area contributed by atoms with E-state index < -0.39 is 0 Å². The van der Waals surface area contributed by atoms with Crippen molar-refractivity contribution in [1.29, 1.82) is 0 Å². The first-order valence-corrected chi connectivity index (χ1v) is 9.66. The first-order chi connectivity index (χ1) is 12.0. The molecule has 0 radical (unpaired) electrons. The Morgan fingerprint density at radius 1 is 1.23 bits per heavy atom. The van der Waals surface area contributed by atoms with E-state index >= 15 is 0 Å². The van der Waals surface area contributed by atoms with Crippen LogP contribution in [0.15, 0.2) is 4.99 Å². The first kappa shape index (κ1) is 23.2. The lowest BCUT2D eigenvalue weighted by Crippen LogP contribution is -2.39. The number of hydrogen-bond donors (Lipinski definition) is 2. The minimum atomic E-state index is 0. The monoisotopic (exact) mass is 476 g/mol. The molecule has 0 amide bonds. The minimum absolute atomic E-state index is 0. The fourth-order valence-corrected chi connectivity index (χ4v) is 3.71. The van der Waals surface area contributed by atoms with E-state index in [1.165, 1.54) is 43.4 Å². The van der Waals surface area contributed by atoms with Crippen LogP contribution < -0.4 is 10.6 Å². The van der Waals surface area contributed by atoms with Crippen molar-refractivity contribution >= 4 is 29.9 Å². The van der Waals surface area contributed by atoms with Crippen molar-refractivity contribution in [2.75, 3.05) is 27.2 Å². The van der Waals surface area contributed by atoms with Crippen LogP contribution in [0.4, 0.5) is 0 Å². The van der Waals surface area contributed by atoms with Gasteiger partial charge in [0.15, 0.2) is 5.96 Å². The molecule has 1 fully saturated rings. The van der Waals surface area contributed by atoms with Gasteiger partial charge in [-0.25, -0.2) is 0 Å². The smallest absolute Gasteiger partial charge is 0.191 e. The Kier molecular flexibility index (Phi) is 10.5. The summed E-state index contributed by atoms with van der Waals surface area (Å²) in [5.41, 5.74) is 3.54. The molecule has 0 bridgehead atoms. The number of aromatic nitrogens is 2. The second-order valence-corrected chi connectivity index (χ2v) is 7.25. The van der Waals surface area contributed by atoms with Crippen LogP contribution in [0.2, 0.25) is 0 Å². The van der Waals surface area contributed by atoms with Gasteiger partial charge in [0.2, 0.25) is 0 Å². The number of nitrogens with one attached hydrogen (secondary N) is 2. The summed E-state index contributed by atoms with van der Waals surface area (Å²) in [7, 11) is 6.09. The Bertz CT molecular complexity index is 563. The van der Waals surface area contributed by atoms with E-state index in [-0.39, 0.29) is 24.0 Å². The maximum Gasteiger partial charge on any atom is 0.191 e. The highest BCUT2D eigenvalue weighted by atomic mass is 127. The highest BCUT2D eigenvalue weighted by molar-refractivity contribution is 14.0. The maximum absolute atomic E-state index is 4.46. The van der Waals surface area contributed by atoms with Crippen LogP contribution >= 0.6 is 24.0 Å². The zero-order valence-electron chi connectivity index (χ0n) is 17.1. The molecule has 0 aromatic carbocycles. The predicted octanol–water partition coefficient (Wildman–Crippen LogP) is 2.97. The van der Waals surface area contributed by atoms with Crippen molar-refractivity contribution in [3.8, 4) is 0 Å². The molecule has 6 nitrogen and oxygen atoms in total. The lowest BCUT2D eigenvalue weighted by atomic mass is 9.94. The maximum atomic E-state index is 4.46. The number of nitrogens with zero attached hydrogens (tertiary/aromatic N) is 4. The fourth-order valence-electron chi connectivity index (χ4n) is 3.71. The summed E-state index contributed by atoms with van der Waals surface area (Å²) in [4.78, 5) is 6.87. The third-order valence-corrected chi connectivity index (χ3v) is 5.49. The van der Waals surface area contributed by atoms with Crippen molar-refractivity contribution < 1.29 is 0 Å². The molecule has 1 aromatic heterocycles. The molecule has 150 valence electrons. The Morgan fingerprint density at radius 2 is 1.92 bits per heavy atom. The van der Waals surface area contributed by atoms with Gasteiger partial charge in [0.1, 0.15) is 0 Å². The van der Waals surface area contributed by atoms with Crippen LogP contribution in [0.5, 0.6) is 0 Å². The number of rotatable bonds is 7. The summed E-state index contributed by atoms with van der Waals surface area (Å²) in [5, 5.41) is 11.3. The van der Waals surface area contributed by atoms with Gasteiger partial charge < -0.3 is 15.5 Å². The molecule has 0 saturated heterocycles. The molecule has 1 aromatic rings. The van der Waals surface area contributed by atoms with Crippen LogP contribution in [0.25, 0.3) is 0 Å². The summed E-state index contributed by atoms with van der Waals surface area (Å²) >= 11 is 0. The lowest BCUT2D eigenvalue weighted by Gasteiger charge is -2.31. The van der Waals surface area contributed by atoms with Crippen molar-refractivity contribution in [3.63, 3.8) is 0 Å². The summed E-state index contributed by atoms with van der Waals surface area (Å²) in [6, 6.07) is 0.794. The Balaban J connectivity index is 0.00000338. The molecule has 26 heavy (non-hydrogen) atoms. The van der Waals surface area contributed by atoms with Crippen LogP contribution in [0, 0.1) is 13.8 Å². The van der Waals surface area contributed by atoms with Crippen LogP contribution in [-0.2, 0) is 13.6 Å². The fraction of sp³-hybridized carbons (Fsp3) is 0.789. The van der Waals surface area contributed by atoms with Crippen LogP contribution in [0.3, 0.4) is 0 Å². The van der Waals surface area contributed by atoms with Gasteiger partial charge in [-0.1, -0.05) is 19.3 Å². The molecular weight excluding hydrogens is 439 g/mol. The predicted molar refractivity (Wildman–Crippen MR) is 120 cm³/mol. The van der Waals surface area contributed by atoms with E-state index in [1.54, 1.807) is 0 Å². The molecule has 2 N–H and O–H groups in total. The zero-order valence-corrected chi connectivity index (χ0v) is 19.5. The van der Waals surface area contributed by atoms with E-state index in [2.05, 4.69) is 46.5 Å². The van der Waals surface area contributed by atoms with E-state index in [4.69, 9.17) is 0 Å². The minimum Gasteiger partial charge on any atom is -0.356 e. The lowest BCUT2D eigenvalue weighted by molar-refractivity contribution is 0.190. The first-order valence-electron chi connectivity index (χ1n) is 9.66. The van der Waals surface area contributed by atoms with Crippen molar-refractivity contribution in [3.05, 3.63) is 17.0 Å². The molecule has 1 heterocycles. The quantitative estimate of drug-likeness (QED) is 0.275. The summed E-state index contributed by atoms with van der Waals surface area (Å²) in [6.45, 7) is 7.01. The number of halogens is 1. The van der Waals surface area contributed by atoms with E-state index in [0.29, 0.717) is 0 Å². The van der Waals surface area contributed by atoms with Gasteiger partial charge in [0.05, 0.1) is 5.69 Å². The van der Waals surface area contributed by atoms with Crippen molar-refractivity contribution in [1.82, 2.24) is 25.3 Å². The van der Waals surface area contributed by atoms with Gasteiger partial charge in [0.25, 0.3) is 0 Å². The van der Waals surface area contributed by atoms with Gasteiger partial charge in [-0.3, -0.25) is 9.67 Å². The molecule has 1 aliphatic rings. The Labute approximate surface area is 176 Å². The highest BCUT2D eigenvalue weighted by Crippen LogP contribution is 2.21. The highest BCUT2D eigenvalue weighted by Gasteiger charge is 2.17. The number of aryl methyl sites for hydroxylation is 2. The summed E-state index contributed by atoms with van der Waals surface area (Å²) in [5.74, 6) is 0.864. The molecule has 0 unspecified atom stereocenters.